The number of anilines is 1. The average molecular weight is 284 g/mol. The van der Waals surface area contributed by atoms with Gasteiger partial charge in [-0.2, -0.15) is 5.10 Å². The van der Waals surface area contributed by atoms with Gasteiger partial charge in [0.05, 0.1) is 12.1 Å². The summed E-state index contributed by atoms with van der Waals surface area (Å²) in [6.07, 6.45) is 5.63. The Labute approximate surface area is 124 Å². The summed E-state index contributed by atoms with van der Waals surface area (Å²) in [6.45, 7) is 3.61. The fourth-order valence-corrected chi connectivity index (χ4v) is 2.63. The van der Waals surface area contributed by atoms with Crippen LogP contribution in [0.4, 0.5) is 5.69 Å². The van der Waals surface area contributed by atoms with Gasteiger partial charge in [0.25, 0.3) is 0 Å². The fraction of sp³-hybridized carbons (Fsp3) is 0.375. The molecule has 1 saturated heterocycles. The molecule has 0 aliphatic carbocycles. The highest BCUT2D eigenvalue weighted by molar-refractivity contribution is 5.98. The van der Waals surface area contributed by atoms with Crippen molar-refractivity contribution in [1.82, 2.24) is 15.1 Å². The van der Waals surface area contributed by atoms with Crippen molar-refractivity contribution in [3.63, 3.8) is 0 Å². The van der Waals surface area contributed by atoms with Gasteiger partial charge in [-0.25, -0.2) is 0 Å². The molecule has 1 unspecified atom stereocenters. The molecule has 1 aliphatic rings. The minimum absolute atomic E-state index is 0.0415. The first-order valence-corrected chi connectivity index (χ1v) is 7.29. The summed E-state index contributed by atoms with van der Waals surface area (Å²) in [5.74, 6) is 0.0415. The number of hydrogen-bond acceptors (Lipinski definition) is 3. The normalized spacial score (nSPS) is 21.4. The van der Waals surface area contributed by atoms with Crippen molar-refractivity contribution in [2.45, 2.75) is 31.8 Å². The third-order valence-electron chi connectivity index (χ3n) is 3.99. The Hall–Kier alpha value is -2.14. The maximum atomic E-state index is 12.3. The highest BCUT2D eigenvalue weighted by Crippen LogP contribution is 2.21. The fourth-order valence-electron chi connectivity index (χ4n) is 2.63. The first-order chi connectivity index (χ1) is 10.2. The molecule has 0 radical (unpaired) electrons. The van der Waals surface area contributed by atoms with Gasteiger partial charge in [0, 0.05) is 18.1 Å². The second kappa shape index (κ2) is 5.69. The highest BCUT2D eigenvalue weighted by atomic mass is 16.2. The van der Waals surface area contributed by atoms with E-state index < -0.39 is 5.54 Å². The summed E-state index contributed by atoms with van der Waals surface area (Å²) < 4.78 is 1.87. The number of nitrogens with zero attached hydrogens (tertiary/aromatic N) is 2. The van der Waals surface area contributed by atoms with Crippen LogP contribution < -0.4 is 10.6 Å². The topological polar surface area (TPSA) is 59.0 Å². The van der Waals surface area contributed by atoms with Crippen molar-refractivity contribution in [3.05, 3.63) is 48.3 Å². The van der Waals surface area contributed by atoms with Crippen molar-refractivity contribution in [3.8, 4) is 0 Å². The van der Waals surface area contributed by atoms with Crippen LogP contribution in [0, 0.1) is 0 Å². The standard InChI is InChI=1S/C16H20N4O/c1-16(8-2-9-17-16)15(21)19-14-6-4-13(5-7-14)12-20-11-3-10-18-20/h3-7,10-11,17H,2,8-9,12H2,1H3,(H,19,21). The van der Waals surface area contributed by atoms with E-state index in [-0.39, 0.29) is 5.91 Å². The Bertz CT molecular complexity index is 598. The van der Waals surface area contributed by atoms with Gasteiger partial charge in [-0.05, 0) is 50.1 Å². The third-order valence-corrected chi connectivity index (χ3v) is 3.99. The van der Waals surface area contributed by atoms with E-state index in [4.69, 9.17) is 0 Å². The van der Waals surface area contributed by atoms with Gasteiger partial charge in [-0.1, -0.05) is 12.1 Å². The molecular formula is C16H20N4O. The number of rotatable bonds is 4. The van der Waals surface area contributed by atoms with E-state index in [2.05, 4.69) is 15.7 Å². The Morgan fingerprint density at radius 1 is 1.43 bits per heavy atom. The molecule has 5 heteroatoms. The summed E-state index contributed by atoms with van der Waals surface area (Å²) in [5, 5.41) is 10.4. The van der Waals surface area contributed by atoms with E-state index in [0.717, 1.165) is 37.2 Å². The van der Waals surface area contributed by atoms with Gasteiger partial charge in [-0.15, -0.1) is 0 Å². The second-order valence-electron chi connectivity index (χ2n) is 5.72. The first-order valence-electron chi connectivity index (χ1n) is 7.29. The van der Waals surface area contributed by atoms with Gasteiger partial charge in [0.1, 0.15) is 0 Å². The molecule has 1 aromatic carbocycles. The predicted molar refractivity (Wildman–Crippen MR) is 82.0 cm³/mol. The van der Waals surface area contributed by atoms with Crippen LogP contribution in [0.15, 0.2) is 42.7 Å². The molecule has 2 N–H and O–H groups in total. The summed E-state index contributed by atoms with van der Waals surface area (Å²) in [4.78, 5) is 12.3. The lowest BCUT2D eigenvalue weighted by Gasteiger charge is -2.23. The molecule has 0 spiro atoms. The van der Waals surface area contributed by atoms with Gasteiger partial charge < -0.3 is 10.6 Å². The molecule has 1 aliphatic heterocycles. The monoisotopic (exact) mass is 284 g/mol. The lowest BCUT2D eigenvalue weighted by Crippen LogP contribution is -2.47. The van der Waals surface area contributed by atoms with Crippen LogP contribution in [0.25, 0.3) is 0 Å². The molecule has 1 amide bonds. The van der Waals surface area contributed by atoms with Gasteiger partial charge in [-0.3, -0.25) is 9.48 Å². The molecule has 21 heavy (non-hydrogen) atoms. The van der Waals surface area contributed by atoms with Crippen molar-refractivity contribution in [1.29, 1.82) is 0 Å². The largest absolute Gasteiger partial charge is 0.324 e. The van der Waals surface area contributed by atoms with Crippen LogP contribution in [0.5, 0.6) is 0 Å². The third kappa shape index (κ3) is 3.13. The van der Waals surface area contributed by atoms with Crippen LogP contribution in [0.3, 0.4) is 0 Å². The SMILES string of the molecule is CC1(C(=O)Nc2ccc(Cn3cccn3)cc2)CCCN1. The van der Waals surface area contributed by atoms with Crippen LogP contribution in [-0.2, 0) is 11.3 Å². The average Bonchev–Trinajstić information content (AvgIpc) is 3.13. The zero-order valence-electron chi connectivity index (χ0n) is 12.2. The number of carbonyl (C=O) groups is 1. The lowest BCUT2D eigenvalue weighted by molar-refractivity contribution is -0.121. The summed E-state index contributed by atoms with van der Waals surface area (Å²) in [6, 6.07) is 9.82. The maximum absolute atomic E-state index is 12.3. The summed E-state index contributed by atoms with van der Waals surface area (Å²) in [7, 11) is 0. The van der Waals surface area contributed by atoms with Crippen molar-refractivity contribution >= 4 is 11.6 Å². The van der Waals surface area contributed by atoms with E-state index in [1.807, 2.05) is 48.1 Å². The number of aromatic nitrogens is 2. The molecular weight excluding hydrogens is 264 g/mol. The van der Waals surface area contributed by atoms with Gasteiger partial charge >= 0.3 is 0 Å². The lowest BCUT2D eigenvalue weighted by atomic mass is 9.99. The minimum Gasteiger partial charge on any atom is -0.324 e. The molecule has 1 atom stereocenters. The van der Waals surface area contributed by atoms with Gasteiger partial charge in [0.2, 0.25) is 5.91 Å². The first kappa shape index (κ1) is 13.8. The van der Waals surface area contributed by atoms with Crippen molar-refractivity contribution in [2.24, 2.45) is 0 Å². The molecule has 0 saturated carbocycles. The number of amides is 1. The van der Waals surface area contributed by atoms with E-state index in [0.29, 0.717) is 0 Å². The number of carbonyl (C=O) groups excluding carboxylic acids is 1. The molecule has 1 fully saturated rings. The van der Waals surface area contributed by atoms with E-state index in [9.17, 15) is 4.79 Å². The summed E-state index contributed by atoms with van der Waals surface area (Å²) in [5.41, 5.74) is 1.55. The quantitative estimate of drug-likeness (QED) is 0.903. The molecule has 3 rings (SSSR count). The zero-order valence-corrected chi connectivity index (χ0v) is 12.2. The van der Waals surface area contributed by atoms with Crippen molar-refractivity contribution in [2.75, 3.05) is 11.9 Å². The Balaban J connectivity index is 1.63. The molecule has 0 bridgehead atoms. The zero-order chi connectivity index (χ0) is 14.7. The maximum Gasteiger partial charge on any atom is 0.244 e. The Morgan fingerprint density at radius 2 is 2.24 bits per heavy atom. The predicted octanol–water partition coefficient (Wildman–Crippen LogP) is 2.01. The Morgan fingerprint density at radius 3 is 2.86 bits per heavy atom. The van der Waals surface area contributed by atoms with E-state index in [1.54, 1.807) is 6.20 Å². The van der Waals surface area contributed by atoms with Crippen LogP contribution in [-0.4, -0.2) is 27.8 Å². The number of nitrogens with one attached hydrogen (secondary N) is 2. The highest BCUT2D eigenvalue weighted by Gasteiger charge is 2.35. The minimum atomic E-state index is -0.437. The summed E-state index contributed by atoms with van der Waals surface area (Å²) >= 11 is 0. The number of benzene rings is 1. The number of hydrogen-bond donors (Lipinski definition) is 2. The second-order valence-corrected chi connectivity index (χ2v) is 5.72. The Kier molecular flexibility index (Phi) is 3.75. The van der Waals surface area contributed by atoms with Gasteiger partial charge in [0.15, 0.2) is 0 Å². The molecule has 2 aromatic rings. The van der Waals surface area contributed by atoms with E-state index in [1.165, 1.54) is 0 Å². The molecule has 5 nitrogen and oxygen atoms in total. The van der Waals surface area contributed by atoms with Crippen molar-refractivity contribution < 1.29 is 4.79 Å². The van der Waals surface area contributed by atoms with Crippen LogP contribution in [0.2, 0.25) is 0 Å². The van der Waals surface area contributed by atoms with E-state index >= 15 is 0 Å². The smallest absolute Gasteiger partial charge is 0.244 e. The van der Waals surface area contributed by atoms with Crippen LogP contribution in [0.1, 0.15) is 25.3 Å². The molecule has 110 valence electrons. The molecule has 1 aromatic heterocycles. The van der Waals surface area contributed by atoms with Crippen LogP contribution >= 0.6 is 0 Å². The molecule has 2 heterocycles.